The number of aromatic nitrogens is 4. The zero-order valence-corrected chi connectivity index (χ0v) is 56.7. The van der Waals surface area contributed by atoms with E-state index >= 15 is 0 Å². The van der Waals surface area contributed by atoms with Crippen molar-refractivity contribution in [1.29, 1.82) is 0 Å². The molecule has 0 aliphatic carbocycles. The van der Waals surface area contributed by atoms with Gasteiger partial charge >= 0.3 is 49.4 Å². The number of halogens is 29. The minimum absolute atomic E-state index is 0. The standard InChI is InChI=1S/C14H7BrF7NO2S.C14H8BrF6NO2S.C14H8BrF6NS.C8H4F6S.C6H6BrNO.5CH4/c15-9-1-2-11(23-6-9)12(16)26(24,25)10-4-7(13(17,18)19)3-8(5-10)14(20,21)22;15-10-1-2-11(22-6-10)7-25(23,24)12-4-8(13(16,17)18)3-9(5-12)14(19,20)21;15-10-1-2-11(22-6-10)7-23-12-4-8(13(16,17)18)3-9(5-12)14(19,20)21;9-7(10,11)4-1-5(8(12,13)14)3-6(15)2-4;7-5-1-2-6(4-9)8-3-5;;;;;/h1-6,12H;1-6H,7H2;1-6H,7H2;1-3,15H;1-3,9H,4H2;5*1H4. The summed E-state index contributed by atoms with van der Waals surface area (Å²) in [6.45, 7) is 0.00722. The number of benzene rings is 4. The van der Waals surface area contributed by atoms with Crippen molar-refractivity contribution in [2.24, 2.45) is 0 Å². The number of rotatable bonds is 10. The predicted molar refractivity (Wildman–Crippen MR) is 352 cm³/mol. The number of thiol groups is 1. The Labute approximate surface area is 616 Å². The molecule has 0 aliphatic heterocycles. The molecule has 0 saturated heterocycles. The van der Waals surface area contributed by atoms with E-state index in [0.29, 0.717) is 44.6 Å². The highest BCUT2D eigenvalue weighted by atomic mass is 79.9. The van der Waals surface area contributed by atoms with Crippen LogP contribution in [-0.4, -0.2) is 41.9 Å². The number of nitrogens with zero attached hydrogens (tertiary/aromatic N) is 4. The zero-order chi connectivity index (χ0) is 74.8. The molecule has 42 heteroatoms. The van der Waals surface area contributed by atoms with Gasteiger partial charge in [0.2, 0.25) is 15.3 Å². The molecular formula is C61H53Br4F25N4O5S4. The lowest BCUT2D eigenvalue weighted by molar-refractivity contribution is -0.145. The van der Waals surface area contributed by atoms with Crippen LogP contribution >= 0.6 is 88.1 Å². The topological polar surface area (TPSA) is 140 Å². The first-order valence-electron chi connectivity index (χ1n) is 25.1. The highest BCUT2D eigenvalue weighted by molar-refractivity contribution is 9.11. The zero-order valence-electron chi connectivity index (χ0n) is 47.1. The van der Waals surface area contributed by atoms with Crippen LogP contribution in [0.25, 0.3) is 0 Å². The van der Waals surface area contributed by atoms with E-state index in [1.165, 1.54) is 30.6 Å². The van der Waals surface area contributed by atoms with Crippen molar-refractivity contribution in [2.75, 3.05) is 0 Å². The fourth-order valence-electron chi connectivity index (χ4n) is 6.86. The molecule has 1 N–H and O–H groups in total. The van der Waals surface area contributed by atoms with E-state index in [2.05, 4.69) is 96.3 Å². The lowest BCUT2D eigenvalue weighted by Crippen LogP contribution is -2.16. The molecular weight excluding hydrogens is 1790 g/mol. The van der Waals surface area contributed by atoms with E-state index in [9.17, 15) is 127 Å². The van der Waals surface area contributed by atoms with E-state index in [0.717, 1.165) is 33.0 Å². The number of sulfone groups is 2. The van der Waals surface area contributed by atoms with Crippen LogP contribution in [0.3, 0.4) is 0 Å². The maximum absolute atomic E-state index is 14.4. The van der Waals surface area contributed by atoms with Crippen LogP contribution in [0, 0.1) is 0 Å². The Balaban J connectivity index is 0. The Kier molecular flexibility index (Phi) is 37.8. The lowest BCUT2D eigenvalue weighted by atomic mass is 10.1. The number of pyridine rings is 4. The van der Waals surface area contributed by atoms with Crippen LogP contribution < -0.4 is 0 Å². The van der Waals surface area contributed by atoms with E-state index in [1.54, 1.807) is 24.4 Å². The molecule has 103 heavy (non-hydrogen) atoms. The smallest absolute Gasteiger partial charge is 0.390 e. The number of aliphatic hydroxyl groups excluding tert-OH is 1. The van der Waals surface area contributed by atoms with Gasteiger partial charge in [-0.25, -0.2) is 21.2 Å². The molecule has 9 nitrogen and oxygen atoms in total. The van der Waals surface area contributed by atoms with Gasteiger partial charge < -0.3 is 5.11 Å². The highest BCUT2D eigenvalue weighted by Gasteiger charge is 2.43. The summed E-state index contributed by atoms with van der Waals surface area (Å²) in [6.07, 6.45) is -34.6. The second-order valence-corrected chi connectivity index (χ2v) is 28.1. The van der Waals surface area contributed by atoms with Gasteiger partial charge in [0, 0.05) is 58.2 Å². The molecule has 0 aliphatic rings. The maximum atomic E-state index is 14.4. The number of alkyl halides is 25. The highest BCUT2D eigenvalue weighted by Crippen LogP contribution is 2.43. The Morgan fingerprint density at radius 2 is 0.650 bits per heavy atom. The molecule has 0 spiro atoms. The Morgan fingerprint density at radius 3 is 0.932 bits per heavy atom. The third-order valence-electron chi connectivity index (χ3n) is 11.5. The van der Waals surface area contributed by atoms with Gasteiger partial charge in [0.05, 0.1) is 89.4 Å². The van der Waals surface area contributed by atoms with Gasteiger partial charge in [0.1, 0.15) is 0 Å². The quantitative estimate of drug-likeness (QED) is 0.0773. The average molecular weight is 1840 g/mol. The number of thioether (sulfide) groups is 1. The van der Waals surface area contributed by atoms with E-state index in [1.807, 2.05) is 6.07 Å². The Hall–Kier alpha value is -5.79. The van der Waals surface area contributed by atoms with Crippen LogP contribution in [0.5, 0.6) is 0 Å². The lowest BCUT2D eigenvalue weighted by Gasteiger charge is -2.15. The summed E-state index contributed by atoms with van der Waals surface area (Å²) >= 11 is 16.8. The van der Waals surface area contributed by atoms with E-state index < -0.39 is 140 Å². The predicted octanol–water partition coefficient (Wildman–Crippen LogP) is 24.9. The third kappa shape index (κ3) is 31.7. The van der Waals surface area contributed by atoms with Crippen molar-refractivity contribution in [2.45, 2.75) is 130 Å². The normalized spacial score (nSPS) is 12.3. The molecule has 0 amide bonds. The molecule has 1 unspecified atom stereocenters. The van der Waals surface area contributed by atoms with Crippen LogP contribution in [0.2, 0.25) is 0 Å². The average Bonchev–Trinajstić information content (AvgIpc) is 0.784. The summed E-state index contributed by atoms with van der Waals surface area (Å²) in [7, 11) is -9.68. The van der Waals surface area contributed by atoms with Crippen LogP contribution in [0.15, 0.2) is 184 Å². The largest absolute Gasteiger partial charge is 0.416 e. The van der Waals surface area contributed by atoms with E-state index in [4.69, 9.17) is 5.11 Å². The van der Waals surface area contributed by atoms with Gasteiger partial charge in [0.25, 0.3) is 0 Å². The summed E-state index contributed by atoms with van der Waals surface area (Å²) in [6, 6.07) is 14.4. The van der Waals surface area contributed by atoms with Gasteiger partial charge in [-0.05, 0) is 185 Å². The molecule has 1 atom stereocenters. The second-order valence-electron chi connectivity index (χ2n) is 18.9. The van der Waals surface area contributed by atoms with Crippen molar-refractivity contribution in [3.8, 4) is 0 Å². The van der Waals surface area contributed by atoms with Crippen LogP contribution in [0.4, 0.5) is 110 Å². The van der Waals surface area contributed by atoms with Crippen molar-refractivity contribution in [3.63, 3.8) is 0 Å². The summed E-state index contributed by atoms with van der Waals surface area (Å²) < 4.78 is 369. The van der Waals surface area contributed by atoms with Gasteiger partial charge in [-0.15, -0.1) is 24.4 Å². The monoisotopic (exact) mass is 1840 g/mol. The molecule has 0 bridgehead atoms. The maximum Gasteiger partial charge on any atom is 0.416 e. The van der Waals surface area contributed by atoms with E-state index in [-0.39, 0.29) is 114 Å². The first kappa shape index (κ1) is 99.3. The summed E-state index contributed by atoms with van der Waals surface area (Å²) in [5.41, 5.74) is -14.9. The van der Waals surface area contributed by atoms with Gasteiger partial charge in [-0.2, -0.15) is 105 Å². The summed E-state index contributed by atoms with van der Waals surface area (Å²) in [5, 5.41) is 8.55. The number of hydrogen-bond acceptors (Lipinski definition) is 11. The van der Waals surface area contributed by atoms with Crippen molar-refractivity contribution >= 4 is 108 Å². The minimum Gasteiger partial charge on any atom is -0.390 e. The Morgan fingerprint density at radius 1 is 0.379 bits per heavy atom. The first-order valence-corrected chi connectivity index (χ1v) is 32.9. The molecule has 0 fully saturated rings. The van der Waals surface area contributed by atoms with Gasteiger partial charge in [-0.3, -0.25) is 19.9 Å². The molecule has 0 radical (unpaired) electrons. The van der Waals surface area contributed by atoms with Crippen molar-refractivity contribution in [3.05, 3.63) is 231 Å². The molecule has 574 valence electrons. The number of hydrogen-bond donors (Lipinski definition) is 2. The molecule has 0 saturated carbocycles. The van der Waals surface area contributed by atoms with Gasteiger partial charge in [-0.1, -0.05) is 37.1 Å². The Bertz CT molecular complexity index is 4090. The fraction of sp³-hybridized carbons (Fsp3) is 0.279. The molecule has 4 heterocycles. The molecule has 4 aromatic carbocycles. The van der Waals surface area contributed by atoms with Crippen molar-refractivity contribution in [1.82, 2.24) is 19.9 Å². The van der Waals surface area contributed by atoms with Crippen LogP contribution in [-0.2, 0) is 87.2 Å². The van der Waals surface area contributed by atoms with Gasteiger partial charge in [0.15, 0.2) is 9.84 Å². The summed E-state index contributed by atoms with van der Waals surface area (Å²) in [5.74, 6) is -0.676. The SMILES string of the molecule is C.C.C.C.C.FC(F)(F)c1cc(S)cc(C(F)(F)F)c1.FC(F)(F)c1cc(SCc2ccc(Br)cn2)cc(C(F)(F)F)c1.O=S(=O)(Cc1ccc(Br)cn1)c1cc(C(F)(F)F)cc(C(F)(F)F)c1.O=S(=O)(c1cc(C(F)(F)F)cc(C(F)(F)F)c1)C(F)c1ccc(Br)cn1.OCc1ccc(Br)cn1. The fourth-order valence-corrected chi connectivity index (χ4v) is 11.6. The molecule has 8 rings (SSSR count). The van der Waals surface area contributed by atoms with Crippen molar-refractivity contribution < 1.29 is 132 Å². The van der Waals surface area contributed by atoms with Crippen LogP contribution in [0.1, 0.15) is 110 Å². The summed E-state index contributed by atoms with van der Waals surface area (Å²) in [4.78, 5) is 12.1. The minimum atomic E-state index is -5.26. The molecule has 8 aromatic rings. The molecule has 4 aromatic heterocycles. The number of aliphatic hydroxyl groups is 1. The third-order valence-corrected chi connectivity index (χ3v) is 17.9. The first-order chi connectivity index (χ1) is 44.5. The second kappa shape index (κ2) is 39.2.